The molecule has 4 N–H and O–H groups in total. The number of pyridine rings is 1. The number of aliphatic hydroxyl groups excluding tert-OH is 2. The van der Waals surface area contributed by atoms with Gasteiger partial charge in [-0.3, -0.25) is 0 Å². The Kier molecular flexibility index (Phi) is 2.27. The number of aliphatic hydroxyl groups is 2. The fraction of sp³-hybridized carbons (Fsp3) is 0.455. The lowest BCUT2D eigenvalue weighted by Crippen LogP contribution is -2.26. The van der Waals surface area contributed by atoms with Crippen LogP contribution >= 0.6 is 0 Å². The number of fused-ring (bicyclic) bond motifs is 1. The van der Waals surface area contributed by atoms with E-state index in [1.807, 2.05) is 10.6 Å². The maximum atomic E-state index is 9.91. The van der Waals surface area contributed by atoms with Crippen LogP contribution in [0.25, 0.3) is 11.0 Å². The highest BCUT2D eigenvalue weighted by Gasteiger charge is 2.35. The molecule has 0 bridgehead atoms. The number of hydrogen-bond acceptors (Lipinski definition) is 5. The van der Waals surface area contributed by atoms with Crippen LogP contribution in [0.5, 0.6) is 0 Å². The maximum Gasteiger partial charge on any atom is 0.151 e. The van der Waals surface area contributed by atoms with Gasteiger partial charge in [-0.05, 0) is 18.9 Å². The number of nitrogens with zero attached hydrogens (tertiary/aromatic N) is 3. The Morgan fingerprint density at radius 2 is 2.12 bits per heavy atom. The van der Waals surface area contributed by atoms with Gasteiger partial charge in [0.1, 0.15) is 11.6 Å². The first kappa shape index (κ1) is 10.5. The Morgan fingerprint density at radius 1 is 1.29 bits per heavy atom. The predicted molar refractivity (Wildman–Crippen MR) is 62.2 cm³/mol. The second-order valence-electron chi connectivity index (χ2n) is 4.42. The van der Waals surface area contributed by atoms with Gasteiger partial charge >= 0.3 is 0 Å². The van der Waals surface area contributed by atoms with Gasteiger partial charge in [0.15, 0.2) is 5.82 Å². The molecule has 1 aliphatic rings. The summed E-state index contributed by atoms with van der Waals surface area (Å²) >= 11 is 0. The van der Waals surface area contributed by atoms with Crippen molar-refractivity contribution in [1.82, 2.24) is 14.5 Å². The fourth-order valence-corrected chi connectivity index (χ4v) is 2.49. The Balaban J connectivity index is 2.10. The van der Waals surface area contributed by atoms with Crippen LogP contribution in [-0.2, 0) is 0 Å². The molecule has 0 aromatic carbocycles. The first-order chi connectivity index (χ1) is 8.18. The molecule has 0 saturated heterocycles. The van der Waals surface area contributed by atoms with Crippen molar-refractivity contribution in [2.75, 3.05) is 5.73 Å². The van der Waals surface area contributed by atoms with Gasteiger partial charge in [-0.2, -0.15) is 0 Å². The molecule has 17 heavy (non-hydrogen) atoms. The van der Waals surface area contributed by atoms with E-state index in [-0.39, 0.29) is 6.04 Å². The molecular formula is C11H14N4O2. The first-order valence-electron chi connectivity index (χ1n) is 5.61. The molecule has 0 unspecified atom stereocenters. The second-order valence-corrected chi connectivity index (χ2v) is 4.42. The predicted octanol–water partition coefficient (Wildman–Crippen LogP) is 0.0702. The van der Waals surface area contributed by atoms with E-state index in [0.29, 0.717) is 17.8 Å². The monoisotopic (exact) mass is 234 g/mol. The smallest absolute Gasteiger partial charge is 0.151 e. The molecular weight excluding hydrogens is 220 g/mol. The van der Waals surface area contributed by atoms with Crippen molar-refractivity contribution < 1.29 is 10.2 Å². The summed E-state index contributed by atoms with van der Waals surface area (Å²) in [5, 5.41) is 19.5. The normalized spacial score (nSPS) is 28.9. The highest BCUT2D eigenvalue weighted by molar-refractivity contribution is 5.84. The lowest BCUT2D eigenvalue weighted by molar-refractivity contribution is 0.0242. The molecule has 1 saturated carbocycles. The number of nitrogens with two attached hydrogens (primary N) is 1. The van der Waals surface area contributed by atoms with Gasteiger partial charge in [0, 0.05) is 6.20 Å². The summed E-state index contributed by atoms with van der Waals surface area (Å²) < 4.78 is 1.87. The van der Waals surface area contributed by atoms with Gasteiger partial charge in [-0.15, -0.1) is 0 Å². The molecule has 0 aliphatic heterocycles. The van der Waals surface area contributed by atoms with Crippen LogP contribution < -0.4 is 5.73 Å². The van der Waals surface area contributed by atoms with Gasteiger partial charge in [-0.25, -0.2) is 9.97 Å². The van der Waals surface area contributed by atoms with Gasteiger partial charge in [0.2, 0.25) is 0 Å². The third-order valence-electron chi connectivity index (χ3n) is 3.42. The molecule has 6 heteroatoms. The zero-order valence-corrected chi connectivity index (χ0v) is 9.19. The number of hydrogen-bond donors (Lipinski definition) is 3. The molecule has 2 aromatic heterocycles. The van der Waals surface area contributed by atoms with Gasteiger partial charge < -0.3 is 20.5 Å². The van der Waals surface area contributed by atoms with Crippen molar-refractivity contribution in [3.8, 4) is 0 Å². The van der Waals surface area contributed by atoms with Crippen LogP contribution in [0.3, 0.4) is 0 Å². The quantitative estimate of drug-likeness (QED) is 0.648. The Morgan fingerprint density at radius 3 is 2.82 bits per heavy atom. The lowest BCUT2D eigenvalue weighted by atomic mass is 10.2. The van der Waals surface area contributed by atoms with E-state index in [2.05, 4.69) is 9.97 Å². The molecule has 90 valence electrons. The van der Waals surface area contributed by atoms with E-state index in [9.17, 15) is 10.2 Å². The molecule has 0 radical (unpaired) electrons. The van der Waals surface area contributed by atoms with Crippen molar-refractivity contribution in [1.29, 1.82) is 0 Å². The van der Waals surface area contributed by atoms with Gasteiger partial charge in [0.05, 0.1) is 24.0 Å². The molecule has 0 spiro atoms. The van der Waals surface area contributed by atoms with Crippen LogP contribution in [-0.4, -0.2) is 37.0 Å². The Bertz CT molecular complexity index is 553. The average molecular weight is 234 g/mol. The third kappa shape index (κ3) is 1.49. The third-order valence-corrected chi connectivity index (χ3v) is 3.42. The molecule has 6 nitrogen and oxygen atoms in total. The Labute approximate surface area is 97.7 Å². The van der Waals surface area contributed by atoms with Crippen molar-refractivity contribution >= 4 is 16.9 Å². The van der Waals surface area contributed by atoms with Gasteiger partial charge in [-0.1, -0.05) is 0 Å². The standard InChI is InChI=1S/C11H14N4O2/c12-11-9-6(3-4-13-11)15(5-14-9)7-1-2-8(16)10(7)17/h3-5,7-8,10,16-17H,1-2H2,(H2,12,13)/t7-,8+,10+/m1/s1. The molecule has 3 rings (SSSR count). The van der Waals surface area contributed by atoms with Crippen molar-refractivity contribution in [2.24, 2.45) is 0 Å². The van der Waals surface area contributed by atoms with Gasteiger partial charge in [0.25, 0.3) is 0 Å². The first-order valence-corrected chi connectivity index (χ1v) is 5.61. The summed E-state index contributed by atoms with van der Waals surface area (Å²) in [6, 6.07) is 1.67. The minimum Gasteiger partial charge on any atom is -0.390 e. The van der Waals surface area contributed by atoms with Crippen LogP contribution in [0.15, 0.2) is 18.6 Å². The summed E-state index contributed by atoms with van der Waals surface area (Å²) in [5.41, 5.74) is 7.21. The van der Waals surface area contributed by atoms with Crippen LogP contribution in [0, 0.1) is 0 Å². The molecule has 3 atom stereocenters. The van der Waals surface area contributed by atoms with Crippen LogP contribution in [0.2, 0.25) is 0 Å². The summed E-state index contributed by atoms with van der Waals surface area (Å²) in [6.45, 7) is 0. The van der Waals surface area contributed by atoms with Crippen LogP contribution in [0.4, 0.5) is 5.82 Å². The number of nitrogen functional groups attached to an aromatic ring is 1. The SMILES string of the molecule is Nc1nccc2c1ncn2[C@@H]1CC[C@H](O)[C@H]1O. The molecule has 2 heterocycles. The summed E-state index contributed by atoms with van der Waals surface area (Å²) in [4.78, 5) is 8.18. The van der Waals surface area contributed by atoms with E-state index in [4.69, 9.17) is 5.73 Å². The summed E-state index contributed by atoms with van der Waals surface area (Å²) in [6.07, 6.45) is 3.20. The minimum absolute atomic E-state index is 0.142. The number of imidazole rings is 1. The maximum absolute atomic E-state index is 9.91. The average Bonchev–Trinajstić information content (AvgIpc) is 2.86. The summed E-state index contributed by atoms with van der Waals surface area (Å²) in [5.74, 6) is 0.384. The zero-order valence-electron chi connectivity index (χ0n) is 9.19. The molecule has 0 amide bonds. The number of aromatic nitrogens is 3. The van der Waals surface area contributed by atoms with E-state index in [1.54, 1.807) is 12.5 Å². The Hall–Kier alpha value is -1.66. The van der Waals surface area contributed by atoms with Crippen molar-refractivity contribution in [3.05, 3.63) is 18.6 Å². The van der Waals surface area contributed by atoms with E-state index in [0.717, 1.165) is 11.9 Å². The van der Waals surface area contributed by atoms with E-state index < -0.39 is 12.2 Å². The summed E-state index contributed by atoms with van der Waals surface area (Å²) in [7, 11) is 0. The molecule has 2 aromatic rings. The van der Waals surface area contributed by atoms with E-state index >= 15 is 0 Å². The second kappa shape index (κ2) is 3.68. The molecule has 1 fully saturated rings. The number of anilines is 1. The lowest BCUT2D eigenvalue weighted by Gasteiger charge is -2.18. The highest BCUT2D eigenvalue weighted by Crippen LogP contribution is 2.33. The fourth-order valence-electron chi connectivity index (χ4n) is 2.49. The minimum atomic E-state index is -0.748. The highest BCUT2D eigenvalue weighted by atomic mass is 16.3. The largest absolute Gasteiger partial charge is 0.390 e. The number of rotatable bonds is 1. The van der Waals surface area contributed by atoms with E-state index in [1.165, 1.54) is 0 Å². The zero-order chi connectivity index (χ0) is 12.0. The molecule has 1 aliphatic carbocycles. The van der Waals surface area contributed by atoms with Crippen molar-refractivity contribution in [3.63, 3.8) is 0 Å². The van der Waals surface area contributed by atoms with Crippen LogP contribution in [0.1, 0.15) is 18.9 Å². The van der Waals surface area contributed by atoms with Crippen molar-refractivity contribution in [2.45, 2.75) is 31.1 Å². The topological polar surface area (TPSA) is 97.2 Å².